The number of nitrogens with one attached hydrogen (secondary N) is 2. The van der Waals surface area contributed by atoms with Crippen molar-refractivity contribution in [3.8, 4) is 0 Å². The van der Waals surface area contributed by atoms with Crippen LogP contribution in [-0.2, 0) is 11.8 Å². The van der Waals surface area contributed by atoms with Gasteiger partial charge < -0.3 is 15.2 Å². The lowest BCUT2D eigenvalue weighted by Gasteiger charge is -2.09. The molecule has 0 saturated carbocycles. The van der Waals surface area contributed by atoms with Gasteiger partial charge in [-0.05, 0) is 87.2 Å². The third-order valence-corrected chi connectivity index (χ3v) is 5.76. The number of anilines is 2. The molecule has 0 fully saturated rings. The standard InChI is InChI=1S/C25H26FN3O3/c1-13-7-8-18(11-14(13)2)28-25(32)23(30)22-16(4)21(17(5)29(22)6)24(31)27-19-9-10-20(26)15(3)12-19/h7-12H,1-6H3,(H,27,31)(H,28,32). The fraction of sp³-hybridized carbons (Fsp3) is 0.240. The minimum absolute atomic E-state index is 0.143. The van der Waals surface area contributed by atoms with Crippen molar-refractivity contribution in [2.45, 2.75) is 34.6 Å². The van der Waals surface area contributed by atoms with E-state index in [-0.39, 0.29) is 11.5 Å². The highest BCUT2D eigenvalue weighted by atomic mass is 19.1. The molecule has 3 rings (SSSR count). The molecule has 0 unspecified atom stereocenters. The zero-order valence-corrected chi connectivity index (χ0v) is 19.0. The minimum Gasteiger partial charge on any atom is -0.344 e. The lowest BCUT2D eigenvalue weighted by molar-refractivity contribution is -0.112. The van der Waals surface area contributed by atoms with E-state index in [4.69, 9.17) is 0 Å². The third kappa shape index (κ3) is 4.32. The molecule has 0 spiro atoms. The van der Waals surface area contributed by atoms with Gasteiger partial charge in [-0.1, -0.05) is 6.07 Å². The molecule has 0 atom stereocenters. The Hall–Kier alpha value is -3.74. The zero-order valence-electron chi connectivity index (χ0n) is 19.0. The van der Waals surface area contributed by atoms with Crippen LogP contribution in [0.15, 0.2) is 36.4 Å². The van der Waals surface area contributed by atoms with Crippen LogP contribution >= 0.6 is 0 Å². The number of nitrogens with zero attached hydrogens (tertiary/aromatic N) is 1. The van der Waals surface area contributed by atoms with Gasteiger partial charge in [0, 0.05) is 24.1 Å². The molecule has 0 aliphatic heterocycles. The average molecular weight is 435 g/mol. The molecule has 3 aromatic rings. The Morgan fingerprint density at radius 1 is 0.812 bits per heavy atom. The van der Waals surface area contributed by atoms with E-state index in [1.165, 1.54) is 18.2 Å². The normalized spacial score (nSPS) is 10.7. The summed E-state index contributed by atoms with van der Waals surface area (Å²) in [6.45, 7) is 8.83. The van der Waals surface area contributed by atoms with Crippen LogP contribution in [-0.4, -0.2) is 22.2 Å². The Labute approximate surface area is 186 Å². The molecule has 32 heavy (non-hydrogen) atoms. The highest BCUT2D eigenvalue weighted by molar-refractivity contribution is 6.46. The summed E-state index contributed by atoms with van der Waals surface area (Å²) < 4.78 is 15.1. The first kappa shape index (κ1) is 22.9. The molecule has 0 aliphatic rings. The van der Waals surface area contributed by atoms with Crippen LogP contribution in [0.4, 0.5) is 15.8 Å². The molecule has 2 N–H and O–H groups in total. The van der Waals surface area contributed by atoms with Crippen LogP contribution in [0.3, 0.4) is 0 Å². The number of aryl methyl sites for hydroxylation is 3. The number of carbonyl (C=O) groups is 3. The fourth-order valence-corrected chi connectivity index (χ4v) is 3.66. The van der Waals surface area contributed by atoms with Crippen LogP contribution in [0.2, 0.25) is 0 Å². The lowest BCUT2D eigenvalue weighted by atomic mass is 10.1. The average Bonchev–Trinajstić information content (AvgIpc) is 2.95. The minimum atomic E-state index is -0.780. The summed E-state index contributed by atoms with van der Waals surface area (Å²) in [6.07, 6.45) is 0. The summed E-state index contributed by atoms with van der Waals surface area (Å²) >= 11 is 0. The number of carbonyl (C=O) groups excluding carboxylic acids is 3. The van der Waals surface area contributed by atoms with Crippen LogP contribution in [0, 0.1) is 40.4 Å². The summed E-state index contributed by atoms with van der Waals surface area (Å²) in [5, 5.41) is 5.37. The molecule has 2 aromatic carbocycles. The molecule has 1 heterocycles. The van der Waals surface area contributed by atoms with Crippen molar-refractivity contribution in [3.63, 3.8) is 0 Å². The Balaban J connectivity index is 1.87. The van der Waals surface area contributed by atoms with Crippen molar-refractivity contribution in [1.82, 2.24) is 4.57 Å². The Kier molecular flexibility index (Phi) is 6.30. The first-order chi connectivity index (χ1) is 15.0. The Bertz CT molecular complexity index is 1260. The first-order valence-electron chi connectivity index (χ1n) is 10.2. The number of hydrogen-bond acceptors (Lipinski definition) is 3. The third-order valence-electron chi connectivity index (χ3n) is 5.76. The molecule has 2 amide bonds. The Morgan fingerprint density at radius 2 is 1.41 bits per heavy atom. The van der Waals surface area contributed by atoms with E-state index in [1.807, 2.05) is 19.9 Å². The molecule has 0 aliphatic carbocycles. The van der Waals surface area contributed by atoms with E-state index >= 15 is 0 Å². The second-order valence-electron chi connectivity index (χ2n) is 7.99. The number of benzene rings is 2. The molecule has 6 nitrogen and oxygen atoms in total. The highest BCUT2D eigenvalue weighted by Gasteiger charge is 2.28. The highest BCUT2D eigenvalue weighted by Crippen LogP contribution is 2.24. The first-order valence-corrected chi connectivity index (χ1v) is 10.2. The Morgan fingerprint density at radius 3 is 2.03 bits per heavy atom. The maximum absolute atomic E-state index is 13.5. The number of Topliss-reactive ketones (excluding diaryl/α,β-unsaturated/α-hetero) is 1. The van der Waals surface area contributed by atoms with Gasteiger partial charge in [0.05, 0.1) is 11.3 Å². The zero-order chi connectivity index (χ0) is 23.7. The van der Waals surface area contributed by atoms with Crippen molar-refractivity contribution < 1.29 is 18.8 Å². The number of hydrogen-bond donors (Lipinski definition) is 2. The van der Waals surface area contributed by atoms with Gasteiger partial charge in [0.25, 0.3) is 17.6 Å². The van der Waals surface area contributed by atoms with Crippen molar-refractivity contribution >= 4 is 29.0 Å². The van der Waals surface area contributed by atoms with Crippen LogP contribution < -0.4 is 10.6 Å². The van der Waals surface area contributed by atoms with E-state index in [9.17, 15) is 18.8 Å². The molecule has 0 saturated heterocycles. The summed E-state index contributed by atoms with van der Waals surface area (Å²) in [5.41, 5.74) is 4.84. The number of ketones is 1. The second kappa shape index (κ2) is 8.78. The van der Waals surface area contributed by atoms with Crippen LogP contribution in [0.25, 0.3) is 0 Å². The van der Waals surface area contributed by atoms with E-state index in [2.05, 4.69) is 10.6 Å². The van der Waals surface area contributed by atoms with Crippen molar-refractivity contribution in [2.24, 2.45) is 7.05 Å². The van der Waals surface area contributed by atoms with Crippen molar-refractivity contribution in [2.75, 3.05) is 10.6 Å². The summed E-state index contributed by atoms with van der Waals surface area (Å²) in [5.74, 6) is -2.31. The van der Waals surface area contributed by atoms with Gasteiger partial charge >= 0.3 is 0 Å². The van der Waals surface area contributed by atoms with Crippen LogP contribution in [0.1, 0.15) is 48.8 Å². The summed E-state index contributed by atoms with van der Waals surface area (Å²) in [6, 6.07) is 9.68. The van der Waals surface area contributed by atoms with Gasteiger partial charge in [0.1, 0.15) is 5.82 Å². The maximum atomic E-state index is 13.5. The number of amides is 2. The second-order valence-corrected chi connectivity index (χ2v) is 7.99. The quantitative estimate of drug-likeness (QED) is 0.447. The molecular formula is C25H26FN3O3. The largest absolute Gasteiger partial charge is 0.344 e. The number of halogens is 1. The van der Waals surface area contributed by atoms with E-state index < -0.39 is 17.6 Å². The van der Waals surface area contributed by atoms with Crippen LogP contribution in [0.5, 0.6) is 0 Å². The van der Waals surface area contributed by atoms with Gasteiger partial charge in [0.2, 0.25) is 0 Å². The monoisotopic (exact) mass is 435 g/mol. The SMILES string of the molecule is Cc1ccc(NC(=O)C(=O)c2c(C)c(C(=O)Nc3ccc(F)c(C)c3)c(C)n2C)cc1C. The molecule has 7 heteroatoms. The number of rotatable bonds is 5. The topological polar surface area (TPSA) is 80.2 Å². The predicted molar refractivity (Wildman–Crippen MR) is 123 cm³/mol. The molecular weight excluding hydrogens is 409 g/mol. The van der Waals surface area contributed by atoms with Gasteiger partial charge in [0.15, 0.2) is 0 Å². The van der Waals surface area contributed by atoms with E-state index in [0.29, 0.717) is 33.8 Å². The predicted octanol–water partition coefficient (Wildman–Crippen LogP) is 4.78. The number of aromatic nitrogens is 1. The van der Waals surface area contributed by atoms with E-state index in [1.54, 1.807) is 44.5 Å². The maximum Gasteiger partial charge on any atom is 0.298 e. The van der Waals surface area contributed by atoms with Gasteiger partial charge in [-0.3, -0.25) is 14.4 Å². The molecule has 166 valence electrons. The molecule has 0 bridgehead atoms. The molecule has 1 aromatic heterocycles. The van der Waals surface area contributed by atoms with Gasteiger partial charge in [-0.2, -0.15) is 0 Å². The van der Waals surface area contributed by atoms with Crippen molar-refractivity contribution in [1.29, 1.82) is 0 Å². The lowest BCUT2D eigenvalue weighted by Crippen LogP contribution is -2.25. The summed E-state index contributed by atoms with van der Waals surface area (Å²) in [4.78, 5) is 38.6. The summed E-state index contributed by atoms with van der Waals surface area (Å²) in [7, 11) is 1.64. The molecule has 0 radical (unpaired) electrons. The fourth-order valence-electron chi connectivity index (χ4n) is 3.66. The van der Waals surface area contributed by atoms with Gasteiger partial charge in [-0.15, -0.1) is 0 Å². The van der Waals surface area contributed by atoms with E-state index in [0.717, 1.165) is 11.1 Å². The van der Waals surface area contributed by atoms with Crippen molar-refractivity contribution in [3.05, 3.63) is 81.4 Å². The van der Waals surface area contributed by atoms with Gasteiger partial charge in [-0.25, -0.2) is 4.39 Å². The smallest absolute Gasteiger partial charge is 0.298 e.